The second-order valence-corrected chi connectivity index (χ2v) is 8.74. The van der Waals surface area contributed by atoms with Crippen LogP contribution in [0.3, 0.4) is 0 Å². The molecule has 3 aromatic rings. The van der Waals surface area contributed by atoms with E-state index in [1.165, 1.54) is 12.1 Å². The van der Waals surface area contributed by atoms with E-state index in [2.05, 4.69) is 15.5 Å². The maximum Gasteiger partial charge on any atom is 0.272 e. The number of nitrogens with one attached hydrogen (secondary N) is 2. The van der Waals surface area contributed by atoms with E-state index in [0.29, 0.717) is 22.9 Å². The Kier molecular flexibility index (Phi) is 4.18. The first-order valence-corrected chi connectivity index (χ1v) is 10.1. The Hall–Kier alpha value is -2.81. The number of sulfone groups is 1. The molecular weight excluding hydrogens is 376 g/mol. The molecule has 0 bridgehead atoms. The molecule has 1 unspecified atom stereocenters. The number of halogens is 2. The number of fused-ring (bicyclic) bond motifs is 1. The van der Waals surface area contributed by atoms with Gasteiger partial charge in [-0.3, -0.25) is 9.89 Å². The van der Waals surface area contributed by atoms with Crippen LogP contribution in [0, 0.1) is 11.6 Å². The Bertz CT molecular complexity index is 1160. The Morgan fingerprint density at radius 3 is 2.78 bits per heavy atom. The molecule has 4 rings (SSSR count). The lowest BCUT2D eigenvalue weighted by Crippen LogP contribution is -2.35. The largest absolute Gasteiger partial charge is 0.347 e. The van der Waals surface area contributed by atoms with Crippen molar-refractivity contribution in [3.8, 4) is 11.1 Å². The highest BCUT2D eigenvalue weighted by atomic mass is 32.2. The number of amides is 1. The van der Waals surface area contributed by atoms with E-state index >= 15 is 0 Å². The predicted octanol–water partition coefficient (Wildman–Crippen LogP) is 2.43. The van der Waals surface area contributed by atoms with Crippen molar-refractivity contribution < 1.29 is 22.0 Å². The number of benzene rings is 2. The summed E-state index contributed by atoms with van der Waals surface area (Å²) in [5.41, 5.74) is 1.11. The monoisotopic (exact) mass is 391 g/mol. The van der Waals surface area contributed by atoms with Gasteiger partial charge >= 0.3 is 0 Å². The van der Waals surface area contributed by atoms with Gasteiger partial charge in [-0.15, -0.1) is 0 Å². The summed E-state index contributed by atoms with van der Waals surface area (Å²) in [4.78, 5) is 12.5. The van der Waals surface area contributed by atoms with Gasteiger partial charge in [0.05, 0.1) is 17.0 Å². The van der Waals surface area contributed by atoms with Gasteiger partial charge in [0.25, 0.3) is 5.91 Å². The van der Waals surface area contributed by atoms with Crippen molar-refractivity contribution in [1.29, 1.82) is 0 Å². The van der Waals surface area contributed by atoms with Crippen LogP contribution < -0.4 is 5.32 Å². The number of carbonyl (C=O) groups excluding carboxylic acids is 1. The van der Waals surface area contributed by atoms with Crippen molar-refractivity contribution in [3.05, 3.63) is 53.7 Å². The maximum absolute atomic E-state index is 14.1. The molecule has 1 aromatic heterocycles. The molecule has 140 valence electrons. The second-order valence-electron chi connectivity index (χ2n) is 6.51. The van der Waals surface area contributed by atoms with Crippen molar-refractivity contribution >= 4 is 26.6 Å². The minimum absolute atomic E-state index is 0.0439. The lowest BCUT2D eigenvalue weighted by molar-refractivity contribution is 0.0937. The molecule has 1 saturated heterocycles. The van der Waals surface area contributed by atoms with E-state index in [4.69, 9.17) is 0 Å². The summed E-state index contributed by atoms with van der Waals surface area (Å²) in [5.74, 6) is -2.49. The number of hydrogen-bond acceptors (Lipinski definition) is 4. The molecule has 0 aliphatic carbocycles. The van der Waals surface area contributed by atoms with E-state index in [-0.39, 0.29) is 22.8 Å². The van der Waals surface area contributed by atoms with Crippen molar-refractivity contribution in [2.45, 2.75) is 12.5 Å². The molecule has 9 heteroatoms. The summed E-state index contributed by atoms with van der Waals surface area (Å²) < 4.78 is 50.7. The number of carbonyl (C=O) groups is 1. The van der Waals surface area contributed by atoms with Gasteiger partial charge in [0, 0.05) is 17.0 Å². The fourth-order valence-electron chi connectivity index (χ4n) is 3.24. The zero-order valence-electron chi connectivity index (χ0n) is 14.0. The highest BCUT2D eigenvalue weighted by Crippen LogP contribution is 2.28. The average Bonchev–Trinajstić information content (AvgIpc) is 3.19. The Balaban J connectivity index is 1.68. The first-order chi connectivity index (χ1) is 12.8. The number of hydrogen-bond donors (Lipinski definition) is 2. The molecule has 2 N–H and O–H groups in total. The molecule has 1 fully saturated rings. The summed E-state index contributed by atoms with van der Waals surface area (Å²) >= 11 is 0. The molecule has 1 atom stereocenters. The summed E-state index contributed by atoms with van der Waals surface area (Å²) in [6.07, 6.45) is 0.357. The first kappa shape index (κ1) is 17.6. The Morgan fingerprint density at radius 2 is 2.04 bits per heavy atom. The minimum Gasteiger partial charge on any atom is -0.347 e. The first-order valence-electron chi connectivity index (χ1n) is 8.28. The van der Waals surface area contributed by atoms with Crippen LogP contribution in [0.25, 0.3) is 22.0 Å². The molecule has 2 heterocycles. The Labute approximate surface area is 153 Å². The van der Waals surface area contributed by atoms with E-state index in [1.54, 1.807) is 18.2 Å². The number of nitrogens with zero attached hydrogens (tertiary/aromatic N) is 1. The molecule has 2 aromatic carbocycles. The SMILES string of the molecule is O=C(NC1CCS(=O)(=O)C1)c1n[nH]c2ccc(-c3cccc(F)c3F)cc12. The van der Waals surface area contributed by atoms with Crippen LogP contribution in [0.4, 0.5) is 8.78 Å². The molecule has 1 amide bonds. The quantitative estimate of drug-likeness (QED) is 0.717. The zero-order valence-corrected chi connectivity index (χ0v) is 14.8. The molecule has 0 spiro atoms. The molecule has 1 aliphatic heterocycles. The van der Waals surface area contributed by atoms with Gasteiger partial charge in [-0.25, -0.2) is 17.2 Å². The van der Waals surface area contributed by atoms with Gasteiger partial charge in [0.2, 0.25) is 0 Å². The van der Waals surface area contributed by atoms with Crippen molar-refractivity contribution in [2.75, 3.05) is 11.5 Å². The summed E-state index contributed by atoms with van der Waals surface area (Å²) in [7, 11) is -3.12. The zero-order chi connectivity index (χ0) is 19.2. The number of rotatable bonds is 3. The van der Waals surface area contributed by atoms with Crippen molar-refractivity contribution in [1.82, 2.24) is 15.5 Å². The molecule has 27 heavy (non-hydrogen) atoms. The van der Waals surface area contributed by atoms with Crippen LogP contribution in [0.5, 0.6) is 0 Å². The smallest absolute Gasteiger partial charge is 0.272 e. The minimum atomic E-state index is -3.12. The van der Waals surface area contributed by atoms with Crippen LogP contribution in [-0.4, -0.2) is 42.1 Å². The highest BCUT2D eigenvalue weighted by molar-refractivity contribution is 7.91. The third-order valence-electron chi connectivity index (χ3n) is 4.61. The van der Waals surface area contributed by atoms with Gasteiger partial charge in [-0.05, 0) is 30.2 Å². The highest BCUT2D eigenvalue weighted by Gasteiger charge is 2.30. The fourth-order valence-corrected chi connectivity index (χ4v) is 4.92. The topological polar surface area (TPSA) is 91.9 Å². The van der Waals surface area contributed by atoms with Gasteiger partial charge < -0.3 is 5.32 Å². The van der Waals surface area contributed by atoms with Gasteiger partial charge in [-0.2, -0.15) is 5.10 Å². The molecule has 0 saturated carbocycles. The number of aromatic amines is 1. The lowest BCUT2D eigenvalue weighted by atomic mass is 10.0. The molecular formula is C18H15F2N3O3S. The molecule has 0 radical (unpaired) electrons. The van der Waals surface area contributed by atoms with E-state index in [1.807, 2.05) is 0 Å². The normalized spacial score (nSPS) is 18.7. The second kappa shape index (κ2) is 6.41. The maximum atomic E-state index is 14.1. The predicted molar refractivity (Wildman–Crippen MR) is 96.0 cm³/mol. The van der Waals surface area contributed by atoms with E-state index in [9.17, 15) is 22.0 Å². The lowest BCUT2D eigenvalue weighted by Gasteiger charge is -2.09. The summed E-state index contributed by atoms with van der Waals surface area (Å²) in [6, 6.07) is 8.20. The molecule has 6 nitrogen and oxygen atoms in total. The third-order valence-corrected chi connectivity index (χ3v) is 6.38. The van der Waals surface area contributed by atoms with Gasteiger partial charge in [0.1, 0.15) is 0 Å². The van der Waals surface area contributed by atoms with Crippen LogP contribution in [-0.2, 0) is 9.84 Å². The fraction of sp³-hybridized carbons (Fsp3) is 0.222. The van der Waals surface area contributed by atoms with Gasteiger partial charge in [-0.1, -0.05) is 18.2 Å². The van der Waals surface area contributed by atoms with Crippen LogP contribution in [0.2, 0.25) is 0 Å². The number of aromatic nitrogens is 2. The summed E-state index contributed by atoms with van der Waals surface area (Å²) in [5, 5.41) is 9.83. The Morgan fingerprint density at radius 1 is 1.22 bits per heavy atom. The standard InChI is InChI=1S/C18H15F2N3O3S/c19-14-3-1-2-12(16(14)20)10-4-5-15-13(8-10)17(23-22-15)18(24)21-11-6-7-27(25,26)9-11/h1-5,8,11H,6-7,9H2,(H,21,24)(H,22,23). The van der Waals surface area contributed by atoms with Gasteiger partial charge in [0.15, 0.2) is 27.2 Å². The average molecular weight is 391 g/mol. The number of H-pyrrole nitrogens is 1. The van der Waals surface area contributed by atoms with Crippen LogP contribution >= 0.6 is 0 Å². The van der Waals surface area contributed by atoms with Crippen molar-refractivity contribution in [2.24, 2.45) is 0 Å². The summed E-state index contributed by atoms with van der Waals surface area (Å²) in [6.45, 7) is 0. The van der Waals surface area contributed by atoms with Crippen LogP contribution in [0.1, 0.15) is 16.9 Å². The van der Waals surface area contributed by atoms with E-state index < -0.39 is 33.4 Å². The van der Waals surface area contributed by atoms with Crippen LogP contribution in [0.15, 0.2) is 36.4 Å². The van der Waals surface area contributed by atoms with Crippen molar-refractivity contribution in [3.63, 3.8) is 0 Å². The third kappa shape index (κ3) is 3.30. The van der Waals surface area contributed by atoms with E-state index in [0.717, 1.165) is 6.07 Å². The molecule has 1 aliphatic rings.